The summed E-state index contributed by atoms with van der Waals surface area (Å²) in [7, 11) is -1.51. The van der Waals surface area contributed by atoms with E-state index in [0.29, 0.717) is 25.6 Å². The summed E-state index contributed by atoms with van der Waals surface area (Å²) in [5, 5.41) is 0. The Morgan fingerprint density at radius 1 is 1.24 bits per heavy atom. The van der Waals surface area contributed by atoms with Crippen molar-refractivity contribution in [3.63, 3.8) is 0 Å². The molecule has 104 valence electrons. The van der Waals surface area contributed by atoms with E-state index in [1.54, 1.807) is 11.4 Å². The quantitative estimate of drug-likeness (QED) is 0.608. The van der Waals surface area contributed by atoms with Crippen molar-refractivity contribution in [2.45, 2.75) is 40.0 Å². The minimum absolute atomic E-state index is 0.248. The predicted molar refractivity (Wildman–Crippen MR) is 71.6 cm³/mol. The Hall–Kier alpha value is -0.130. The fraction of sp³-hybridized carbons (Fsp3) is 1.00. The lowest BCUT2D eigenvalue weighted by atomic mass is 10.2. The number of methoxy groups -OCH3 is 1. The second kappa shape index (κ2) is 8.89. The summed E-state index contributed by atoms with van der Waals surface area (Å²) in [6, 6.07) is 0. The van der Waals surface area contributed by atoms with E-state index in [9.17, 15) is 8.42 Å². The lowest BCUT2D eigenvalue weighted by Gasteiger charge is -2.22. The molecule has 17 heavy (non-hydrogen) atoms. The van der Waals surface area contributed by atoms with Crippen molar-refractivity contribution in [3.05, 3.63) is 0 Å². The largest absolute Gasteiger partial charge is 0.383 e. The lowest BCUT2D eigenvalue weighted by Crippen LogP contribution is -2.36. The molecule has 0 amide bonds. The maximum absolute atomic E-state index is 12.1. The first-order valence-corrected chi connectivity index (χ1v) is 8.01. The van der Waals surface area contributed by atoms with Crippen LogP contribution < -0.4 is 0 Å². The van der Waals surface area contributed by atoms with Crippen LogP contribution in [0.4, 0.5) is 0 Å². The molecule has 0 saturated carbocycles. The molecular weight excluding hydrogens is 238 g/mol. The molecule has 0 aliphatic heterocycles. The molecule has 4 nitrogen and oxygen atoms in total. The Balaban J connectivity index is 4.40. The first kappa shape index (κ1) is 16.9. The van der Waals surface area contributed by atoms with Crippen molar-refractivity contribution in [2.24, 2.45) is 5.92 Å². The molecule has 0 saturated heterocycles. The van der Waals surface area contributed by atoms with Gasteiger partial charge in [0, 0.05) is 20.2 Å². The van der Waals surface area contributed by atoms with Gasteiger partial charge in [0.1, 0.15) is 0 Å². The molecule has 0 rings (SSSR count). The van der Waals surface area contributed by atoms with Gasteiger partial charge < -0.3 is 4.74 Å². The van der Waals surface area contributed by atoms with E-state index >= 15 is 0 Å². The van der Waals surface area contributed by atoms with Gasteiger partial charge in [-0.15, -0.1) is 0 Å². The maximum atomic E-state index is 12.1. The molecule has 0 N–H and O–H groups in total. The molecular formula is C12H27NO3S. The number of hydrogen-bond donors (Lipinski definition) is 0. The van der Waals surface area contributed by atoms with Crippen LogP contribution in [0.1, 0.15) is 40.0 Å². The van der Waals surface area contributed by atoms with Gasteiger partial charge in [-0.3, -0.25) is 0 Å². The fourth-order valence-corrected chi connectivity index (χ4v) is 3.22. The van der Waals surface area contributed by atoms with Gasteiger partial charge in [0.2, 0.25) is 10.0 Å². The molecule has 0 atom stereocenters. The van der Waals surface area contributed by atoms with Gasteiger partial charge in [-0.1, -0.05) is 27.2 Å². The van der Waals surface area contributed by atoms with Crippen molar-refractivity contribution in [3.8, 4) is 0 Å². The van der Waals surface area contributed by atoms with Crippen LogP contribution in [0.25, 0.3) is 0 Å². The summed E-state index contributed by atoms with van der Waals surface area (Å²) < 4.78 is 30.8. The number of unbranched alkanes of at least 4 members (excludes halogenated alkanes) is 1. The smallest absolute Gasteiger partial charge is 0.214 e. The van der Waals surface area contributed by atoms with E-state index in [1.165, 1.54) is 0 Å². The second-order valence-electron chi connectivity index (χ2n) is 4.74. The van der Waals surface area contributed by atoms with Crippen molar-refractivity contribution in [1.82, 2.24) is 4.31 Å². The normalized spacial score (nSPS) is 12.6. The molecule has 0 unspecified atom stereocenters. The molecule has 5 heteroatoms. The molecule has 0 aliphatic carbocycles. The minimum atomic E-state index is -3.11. The number of hydrogen-bond acceptors (Lipinski definition) is 3. The Morgan fingerprint density at radius 3 is 2.35 bits per heavy atom. The van der Waals surface area contributed by atoms with Crippen molar-refractivity contribution in [1.29, 1.82) is 0 Å². The molecule has 0 fully saturated rings. The van der Waals surface area contributed by atoms with Gasteiger partial charge in [0.05, 0.1) is 12.4 Å². The molecule has 0 aromatic heterocycles. The monoisotopic (exact) mass is 265 g/mol. The number of nitrogens with zero attached hydrogens (tertiary/aromatic N) is 1. The summed E-state index contributed by atoms with van der Waals surface area (Å²) in [5.74, 6) is 0.665. The van der Waals surface area contributed by atoms with Crippen LogP contribution in [0, 0.1) is 5.92 Å². The predicted octanol–water partition coefficient (Wildman–Crippen LogP) is 2.11. The average molecular weight is 265 g/mol. The zero-order chi connectivity index (χ0) is 13.3. The van der Waals surface area contributed by atoms with Gasteiger partial charge in [-0.2, -0.15) is 4.31 Å². The molecule has 0 spiro atoms. The molecule has 0 aromatic rings. The third-order valence-corrected chi connectivity index (χ3v) is 4.56. The van der Waals surface area contributed by atoms with Crippen molar-refractivity contribution < 1.29 is 13.2 Å². The lowest BCUT2D eigenvalue weighted by molar-refractivity contribution is 0.178. The number of rotatable bonds is 10. The van der Waals surface area contributed by atoms with Gasteiger partial charge in [0.25, 0.3) is 0 Å². The SMILES string of the molecule is CCCCN(CCOC)S(=O)(=O)CCC(C)C. The van der Waals surface area contributed by atoms with Crippen LogP contribution in [0.3, 0.4) is 0 Å². The third-order valence-electron chi connectivity index (χ3n) is 2.65. The van der Waals surface area contributed by atoms with Gasteiger partial charge in [-0.05, 0) is 18.8 Å². The fourth-order valence-electron chi connectivity index (χ4n) is 1.43. The van der Waals surface area contributed by atoms with E-state index < -0.39 is 10.0 Å². The molecule has 0 radical (unpaired) electrons. The van der Waals surface area contributed by atoms with Gasteiger partial charge >= 0.3 is 0 Å². The van der Waals surface area contributed by atoms with E-state index in [-0.39, 0.29) is 5.75 Å². The van der Waals surface area contributed by atoms with E-state index in [1.807, 2.05) is 13.8 Å². The van der Waals surface area contributed by atoms with Crippen molar-refractivity contribution >= 4 is 10.0 Å². The van der Waals surface area contributed by atoms with Crippen LogP contribution in [0.2, 0.25) is 0 Å². The summed E-state index contributed by atoms with van der Waals surface area (Å²) in [6.07, 6.45) is 2.63. The van der Waals surface area contributed by atoms with Crippen LogP contribution in [-0.2, 0) is 14.8 Å². The summed E-state index contributed by atoms with van der Waals surface area (Å²) in [4.78, 5) is 0. The topological polar surface area (TPSA) is 46.6 Å². The van der Waals surface area contributed by atoms with Crippen LogP contribution >= 0.6 is 0 Å². The molecule has 0 aliphatic rings. The van der Waals surface area contributed by atoms with E-state index in [4.69, 9.17) is 4.74 Å². The average Bonchev–Trinajstić information content (AvgIpc) is 2.26. The highest BCUT2D eigenvalue weighted by molar-refractivity contribution is 7.89. The highest BCUT2D eigenvalue weighted by atomic mass is 32.2. The highest BCUT2D eigenvalue weighted by Crippen LogP contribution is 2.09. The standard InChI is InChI=1S/C12H27NO3S/c1-5-6-8-13(9-10-16-4)17(14,15)11-7-12(2)3/h12H,5-11H2,1-4H3. The Labute approximate surface area is 106 Å². The maximum Gasteiger partial charge on any atom is 0.214 e. The second-order valence-corrected chi connectivity index (χ2v) is 6.83. The van der Waals surface area contributed by atoms with E-state index in [2.05, 4.69) is 6.92 Å². The minimum Gasteiger partial charge on any atom is -0.383 e. The van der Waals surface area contributed by atoms with E-state index in [0.717, 1.165) is 19.3 Å². The van der Waals surface area contributed by atoms with Crippen molar-refractivity contribution in [2.75, 3.05) is 32.6 Å². The zero-order valence-corrected chi connectivity index (χ0v) is 12.4. The highest BCUT2D eigenvalue weighted by Gasteiger charge is 2.21. The number of ether oxygens (including phenoxy) is 1. The third kappa shape index (κ3) is 7.73. The van der Waals surface area contributed by atoms with Gasteiger partial charge in [-0.25, -0.2) is 8.42 Å². The Morgan fingerprint density at radius 2 is 1.88 bits per heavy atom. The number of sulfonamides is 1. The first-order chi connectivity index (χ1) is 7.94. The Kier molecular flexibility index (Phi) is 8.82. The summed E-state index contributed by atoms with van der Waals surface area (Å²) in [6.45, 7) is 7.69. The zero-order valence-electron chi connectivity index (χ0n) is 11.6. The summed E-state index contributed by atoms with van der Waals surface area (Å²) in [5.41, 5.74) is 0. The molecule has 0 bridgehead atoms. The van der Waals surface area contributed by atoms with Crippen LogP contribution in [0.15, 0.2) is 0 Å². The molecule has 0 heterocycles. The van der Waals surface area contributed by atoms with Gasteiger partial charge in [0.15, 0.2) is 0 Å². The summed E-state index contributed by atoms with van der Waals surface area (Å²) >= 11 is 0. The van der Waals surface area contributed by atoms with Crippen LogP contribution in [-0.4, -0.2) is 45.3 Å². The first-order valence-electron chi connectivity index (χ1n) is 6.40. The molecule has 0 aromatic carbocycles. The van der Waals surface area contributed by atoms with Crippen LogP contribution in [0.5, 0.6) is 0 Å². The Bertz CT molecular complexity index is 267.